The average molecular weight is 200 g/mol. The highest BCUT2D eigenvalue weighted by atomic mass is 35.5. The molecule has 0 aliphatic carbocycles. The molecule has 1 aliphatic heterocycles. The van der Waals surface area contributed by atoms with Crippen LogP contribution >= 0.6 is 11.6 Å². The Morgan fingerprint density at radius 1 is 1.69 bits per heavy atom. The SMILES string of the molecule is CC1CCCn2c(CN)nc(Cl)c21. The Kier molecular flexibility index (Phi) is 2.30. The van der Waals surface area contributed by atoms with E-state index in [-0.39, 0.29) is 0 Å². The first-order valence-electron chi connectivity index (χ1n) is 4.69. The van der Waals surface area contributed by atoms with Crippen LogP contribution in [-0.4, -0.2) is 9.55 Å². The number of nitrogens with two attached hydrogens (primary N) is 1. The van der Waals surface area contributed by atoms with Gasteiger partial charge >= 0.3 is 0 Å². The van der Waals surface area contributed by atoms with Crippen LogP contribution in [0, 0.1) is 0 Å². The van der Waals surface area contributed by atoms with Gasteiger partial charge in [-0.15, -0.1) is 0 Å². The zero-order valence-electron chi connectivity index (χ0n) is 7.76. The predicted molar refractivity (Wildman–Crippen MR) is 52.8 cm³/mol. The topological polar surface area (TPSA) is 43.8 Å². The summed E-state index contributed by atoms with van der Waals surface area (Å²) >= 11 is 6.05. The van der Waals surface area contributed by atoms with Crippen LogP contribution < -0.4 is 5.73 Å². The standard InChI is InChI=1S/C9H14ClN3/c1-6-3-2-4-13-7(5-11)12-9(10)8(6)13/h6H,2-5,11H2,1H3. The third kappa shape index (κ3) is 1.36. The molecule has 0 spiro atoms. The van der Waals surface area contributed by atoms with E-state index in [1.54, 1.807) is 0 Å². The number of imidazole rings is 1. The molecule has 4 heteroatoms. The average Bonchev–Trinajstić information content (AvgIpc) is 2.44. The summed E-state index contributed by atoms with van der Waals surface area (Å²) in [6.45, 7) is 3.69. The van der Waals surface area contributed by atoms with E-state index >= 15 is 0 Å². The zero-order valence-corrected chi connectivity index (χ0v) is 8.51. The Bertz CT molecular complexity index is 319. The van der Waals surface area contributed by atoms with Gasteiger partial charge < -0.3 is 10.3 Å². The first-order chi connectivity index (χ1) is 6.24. The molecule has 2 N–H and O–H groups in total. The second-order valence-corrected chi connectivity index (χ2v) is 3.96. The van der Waals surface area contributed by atoms with Crippen molar-refractivity contribution in [1.29, 1.82) is 0 Å². The molecule has 72 valence electrons. The third-order valence-electron chi connectivity index (χ3n) is 2.71. The minimum Gasteiger partial charge on any atom is -0.329 e. The van der Waals surface area contributed by atoms with Gasteiger partial charge in [0.25, 0.3) is 0 Å². The molecule has 1 atom stereocenters. The number of hydrogen-bond donors (Lipinski definition) is 1. The maximum absolute atomic E-state index is 6.05. The monoisotopic (exact) mass is 199 g/mol. The molecule has 3 nitrogen and oxygen atoms in total. The predicted octanol–water partition coefficient (Wildman–Crippen LogP) is 1.89. The molecule has 0 bridgehead atoms. The van der Waals surface area contributed by atoms with Crippen LogP contribution in [0.5, 0.6) is 0 Å². The molecule has 2 rings (SSSR count). The molecule has 0 aromatic carbocycles. The van der Waals surface area contributed by atoms with E-state index in [1.165, 1.54) is 18.5 Å². The summed E-state index contributed by atoms with van der Waals surface area (Å²) in [6, 6.07) is 0. The van der Waals surface area contributed by atoms with Gasteiger partial charge in [-0.25, -0.2) is 4.98 Å². The molecule has 1 aromatic heterocycles. The summed E-state index contributed by atoms with van der Waals surface area (Å²) in [5.74, 6) is 1.45. The molecule has 13 heavy (non-hydrogen) atoms. The first-order valence-corrected chi connectivity index (χ1v) is 5.06. The minimum atomic E-state index is 0.479. The number of halogens is 1. The highest BCUT2D eigenvalue weighted by molar-refractivity contribution is 6.30. The summed E-state index contributed by atoms with van der Waals surface area (Å²) in [5.41, 5.74) is 6.77. The fraction of sp³-hybridized carbons (Fsp3) is 0.667. The molecule has 1 aromatic rings. The van der Waals surface area contributed by atoms with Crippen LogP contribution in [0.25, 0.3) is 0 Å². The molecule has 1 aliphatic rings. The van der Waals surface area contributed by atoms with Gasteiger partial charge in [0.05, 0.1) is 12.2 Å². The third-order valence-corrected chi connectivity index (χ3v) is 2.99. The second-order valence-electron chi connectivity index (χ2n) is 3.60. The number of nitrogens with zero attached hydrogens (tertiary/aromatic N) is 2. The first kappa shape index (κ1) is 9.03. The molecule has 0 fully saturated rings. The van der Waals surface area contributed by atoms with Crippen LogP contribution in [0.3, 0.4) is 0 Å². The highest BCUT2D eigenvalue weighted by Crippen LogP contribution is 2.32. The molecular weight excluding hydrogens is 186 g/mol. The van der Waals surface area contributed by atoms with Crippen molar-refractivity contribution in [2.75, 3.05) is 0 Å². The highest BCUT2D eigenvalue weighted by Gasteiger charge is 2.23. The summed E-state index contributed by atoms with van der Waals surface area (Å²) < 4.78 is 2.18. The molecule has 2 heterocycles. The summed E-state index contributed by atoms with van der Waals surface area (Å²) in [4.78, 5) is 4.26. The molecule has 0 amide bonds. The van der Waals surface area contributed by atoms with E-state index in [0.717, 1.165) is 12.4 Å². The Morgan fingerprint density at radius 2 is 2.46 bits per heavy atom. The smallest absolute Gasteiger partial charge is 0.150 e. The number of rotatable bonds is 1. The van der Waals surface area contributed by atoms with Crippen molar-refractivity contribution in [2.24, 2.45) is 5.73 Å². The van der Waals surface area contributed by atoms with E-state index in [2.05, 4.69) is 16.5 Å². The Morgan fingerprint density at radius 3 is 3.15 bits per heavy atom. The van der Waals surface area contributed by atoms with Crippen LogP contribution in [0.4, 0.5) is 0 Å². The number of aromatic nitrogens is 2. The summed E-state index contributed by atoms with van der Waals surface area (Å²) in [7, 11) is 0. The van der Waals surface area contributed by atoms with E-state index in [9.17, 15) is 0 Å². The molecule has 0 radical (unpaired) electrons. The van der Waals surface area contributed by atoms with Crippen molar-refractivity contribution < 1.29 is 0 Å². The van der Waals surface area contributed by atoms with E-state index in [0.29, 0.717) is 17.6 Å². The van der Waals surface area contributed by atoms with Crippen molar-refractivity contribution in [3.05, 3.63) is 16.7 Å². The fourth-order valence-electron chi connectivity index (χ4n) is 2.05. The minimum absolute atomic E-state index is 0.479. The molecule has 0 saturated carbocycles. The van der Waals surface area contributed by atoms with Gasteiger partial charge in [-0.05, 0) is 18.8 Å². The van der Waals surface area contributed by atoms with Crippen molar-refractivity contribution in [3.63, 3.8) is 0 Å². The zero-order chi connectivity index (χ0) is 9.42. The Hall–Kier alpha value is -0.540. The fourth-order valence-corrected chi connectivity index (χ4v) is 2.43. The molecule has 1 unspecified atom stereocenters. The van der Waals surface area contributed by atoms with E-state index < -0.39 is 0 Å². The lowest BCUT2D eigenvalue weighted by Crippen LogP contribution is -2.17. The van der Waals surface area contributed by atoms with Crippen molar-refractivity contribution in [2.45, 2.75) is 38.8 Å². The largest absolute Gasteiger partial charge is 0.329 e. The van der Waals surface area contributed by atoms with Crippen LogP contribution in [0.15, 0.2) is 0 Å². The lowest BCUT2D eigenvalue weighted by molar-refractivity contribution is 0.463. The van der Waals surface area contributed by atoms with Crippen LogP contribution in [0.2, 0.25) is 5.15 Å². The Balaban J connectivity index is 2.51. The van der Waals surface area contributed by atoms with E-state index in [4.69, 9.17) is 17.3 Å². The van der Waals surface area contributed by atoms with Gasteiger partial charge in [-0.3, -0.25) is 0 Å². The van der Waals surface area contributed by atoms with Gasteiger partial charge in [0.15, 0.2) is 5.15 Å². The van der Waals surface area contributed by atoms with E-state index in [1.807, 2.05) is 0 Å². The van der Waals surface area contributed by atoms with Crippen LogP contribution in [0.1, 0.15) is 37.2 Å². The maximum Gasteiger partial charge on any atom is 0.150 e. The quantitative estimate of drug-likeness (QED) is 0.751. The number of hydrogen-bond acceptors (Lipinski definition) is 2. The van der Waals surface area contributed by atoms with Gasteiger partial charge in [-0.2, -0.15) is 0 Å². The van der Waals surface area contributed by atoms with Gasteiger partial charge in [0.1, 0.15) is 5.82 Å². The van der Waals surface area contributed by atoms with Crippen molar-refractivity contribution in [3.8, 4) is 0 Å². The Labute approximate surface area is 82.9 Å². The van der Waals surface area contributed by atoms with Crippen LogP contribution in [-0.2, 0) is 13.1 Å². The molecule has 0 saturated heterocycles. The molecular formula is C9H14ClN3. The van der Waals surface area contributed by atoms with Crippen molar-refractivity contribution >= 4 is 11.6 Å². The van der Waals surface area contributed by atoms with Gasteiger partial charge in [0.2, 0.25) is 0 Å². The summed E-state index contributed by atoms with van der Waals surface area (Å²) in [6.07, 6.45) is 2.41. The van der Waals surface area contributed by atoms with Gasteiger partial charge in [0, 0.05) is 6.54 Å². The lowest BCUT2D eigenvalue weighted by atomic mass is 9.99. The van der Waals surface area contributed by atoms with Gasteiger partial charge in [-0.1, -0.05) is 18.5 Å². The summed E-state index contributed by atoms with van der Waals surface area (Å²) in [5, 5.41) is 0.646. The number of fused-ring (bicyclic) bond motifs is 1. The lowest BCUT2D eigenvalue weighted by Gasteiger charge is -2.22. The maximum atomic E-state index is 6.05. The van der Waals surface area contributed by atoms with Crippen molar-refractivity contribution in [1.82, 2.24) is 9.55 Å². The normalized spacial score (nSPS) is 21.6. The second kappa shape index (κ2) is 3.31.